The molecule has 0 heterocycles. The van der Waals surface area contributed by atoms with Gasteiger partial charge in [0.1, 0.15) is 0 Å². The molecule has 0 fully saturated rings. The standard InChI is InChI=1S/C7H14N2O/c1-4-5-6(2)8-9-7(3)10/h4-5H2,1-3H3,(H,9,10). The van der Waals surface area contributed by atoms with Gasteiger partial charge in [0.05, 0.1) is 0 Å². The molecule has 0 unspecified atom stereocenters. The normalized spacial score (nSPS) is 11.3. The molecule has 10 heavy (non-hydrogen) atoms. The minimum Gasteiger partial charge on any atom is -0.274 e. The molecule has 1 N–H and O–H groups in total. The number of hydrogen-bond acceptors (Lipinski definition) is 2. The molecule has 0 spiro atoms. The Hall–Kier alpha value is -0.860. The maximum atomic E-state index is 10.3. The molecule has 0 aromatic heterocycles. The van der Waals surface area contributed by atoms with Crippen molar-refractivity contribution in [3.05, 3.63) is 0 Å². The first-order chi connectivity index (χ1) is 4.66. The lowest BCUT2D eigenvalue weighted by atomic mass is 10.2. The van der Waals surface area contributed by atoms with E-state index in [0.29, 0.717) is 0 Å². The van der Waals surface area contributed by atoms with Crippen LogP contribution < -0.4 is 5.43 Å². The van der Waals surface area contributed by atoms with Gasteiger partial charge in [0.15, 0.2) is 0 Å². The van der Waals surface area contributed by atoms with Gasteiger partial charge in [0.25, 0.3) is 0 Å². The molecular formula is C7H14N2O. The summed E-state index contributed by atoms with van der Waals surface area (Å²) in [5, 5.41) is 3.83. The average molecular weight is 142 g/mol. The second-order valence-electron chi connectivity index (χ2n) is 2.27. The van der Waals surface area contributed by atoms with Crippen molar-refractivity contribution >= 4 is 11.6 Å². The minimum absolute atomic E-state index is 0.115. The van der Waals surface area contributed by atoms with Gasteiger partial charge in [-0.05, 0) is 13.3 Å². The fourth-order valence-electron chi connectivity index (χ4n) is 0.592. The van der Waals surface area contributed by atoms with E-state index in [1.807, 2.05) is 6.92 Å². The molecule has 0 saturated carbocycles. The Morgan fingerprint density at radius 2 is 2.10 bits per heavy atom. The fourth-order valence-corrected chi connectivity index (χ4v) is 0.592. The van der Waals surface area contributed by atoms with Crippen molar-refractivity contribution in [2.45, 2.75) is 33.6 Å². The van der Waals surface area contributed by atoms with E-state index >= 15 is 0 Å². The summed E-state index contributed by atoms with van der Waals surface area (Å²) in [7, 11) is 0. The third kappa shape index (κ3) is 5.28. The van der Waals surface area contributed by atoms with Crippen molar-refractivity contribution < 1.29 is 4.79 Å². The van der Waals surface area contributed by atoms with Gasteiger partial charge in [-0.3, -0.25) is 4.79 Å². The predicted molar refractivity (Wildman–Crippen MR) is 41.8 cm³/mol. The molecule has 3 heteroatoms. The van der Waals surface area contributed by atoms with Crippen LogP contribution in [0.3, 0.4) is 0 Å². The topological polar surface area (TPSA) is 41.5 Å². The molecule has 0 bridgehead atoms. The highest BCUT2D eigenvalue weighted by Crippen LogP contribution is 1.88. The van der Waals surface area contributed by atoms with Crippen molar-refractivity contribution in [2.24, 2.45) is 5.10 Å². The number of nitrogens with one attached hydrogen (secondary N) is 1. The first-order valence-corrected chi connectivity index (χ1v) is 3.46. The Balaban J connectivity index is 3.57. The maximum absolute atomic E-state index is 10.3. The van der Waals surface area contributed by atoms with E-state index in [0.717, 1.165) is 18.6 Å². The van der Waals surface area contributed by atoms with Crippen molar-refractivity contribution in [1.82, 2.24) is 5.43 Å². The highest BCUT2D eigenvalue weighted by molar-refractivity contribution is 5.83. The molecule has 0 aromatic carbocycles. The summed E-state index contributed by atoms with van der Waals surface area (Å²) in [5.74, 6) is -0.115. The first kappa shape index (κ1) is 9.14. The highest BCUT2D eigenvalue weighted by Gasteiger charge is 1.89. The zero-order chi connectivity index (χ0) is 7.98. The van der Waals surface area contributed by atoms with E-state index in [-0.39, 0.29) is 5.91 Å². The van der Waals surface area contributed by atoms with Crippen LogP contribution in [0.4, 0.5) is 0 Å². The van der Waals surface area contributed by atoms with E-state index in [1.54, 1.807) is 0 Å². The van der Waals surface area contributed by atoms with Gasteiger partial charge in [0, 0.05) is 12.6 Å². The summed E-state index contributed by atoms with van der Waals surface area (Å²) in [6.07, 6.45) is 2.01. The highest BCUT2D eigenvalue weighted by atomic mass is 16.2. The third-order valence-corrected chi connectivity index (χ3v) is 1.02. The predicted octanol–water partition coefficient (Wildman–Crippen LogP) is 1.30. The lowest BCUT2D eigenvalue weighted by Gasteiger charge is -1.96. The smallest absolute Gasteiger partial charge is 0.236 e. The summed E-state index contributed by atoms with van der Waals surface area (Å²) >= 11 is 0. The molecule has 1 amide bonds. The zero-order valence-electron chi connectivity index (χ0n) is 6.77. The lowest BCUT2D eigenvalue weighted by molar-refractivity contribution is -0.118. The second kappa shape index (κ2) is 4.97. The first-order valence-electron chi connectivity index (χ1n) is 3.46. The summed E-state index contributed by atoms with van der Waals surface area (Å²) in [5.41, 5.74) is 3.35. The lowest BCUT2D eigenvalue weighted by Crippen LogP contribution is -2.14. The molecule has 0 aromatic rings. The van der Waals surface area contributed by atoms with Crippen LogP contribution >= 0.6 is 0 Å². The monoisotopic (exact) mass is 142 g/mol. The quantitative estimate of drug-likeness (QED) is 0.468. The Bertz CT molecular complexity index is 141. The molecule has 0 rings (SSSR count). The number of nitrogens with zero attached hydrogens (tertiary/aromatic N) is 1. The van der Waals surface area contributed by atoms with Crippen LogP contribution in [0.5, 0.6) is 0 Å². The third-order valence-electron chi connectivity index (χ3n) is 1.02. The number of amides is 1. The van der Waals surface area contributed by atoms with Gasteiger partial charge >= 0.3 is 0 Å². The van der Waals surface area contributed by atoms with Crippen molar-refractivity contribution in [3.8, 4) is 0 Å². The van der Waals surface area contributed by atoms with E-state index in [4.69, 9.17) is 0 Å². The molecular weight excluding hydrogens is 128 g/mol. The van der Waals surface area contributed by atoms with Gasteiger partial charge in [-0.15, -0.1) is 0 Å². The van der Waals surface area contributed by atoms with Crippen LogP contribution in [0.2, 0.25) is 0 Å². The SMILES string of the molecule is CCCC(C)=NNC(C)=O. The molecule has 58 valence electrons. The van der Waals surface area contributed by atoms with Crippen LogP contribution in [0.15, 0.2) is 5.10 Å². The Kier molecular flexibility index (Phi) is 4.54. The number of carbonyl (C=O) groups is 1. The summed E-state index contributed by atoms with van der Waals surface area (Å²) < 4.78 is 0. The van der Waals surface area contributed by atoms with Gasteiger partial charge in [-0.2, -0.15) is 5.10 Å². The molecule has 0 radical (unpaired) electrons. The number of hydrazone groups is 1. The van der Waals surface area contributed by atoms with E-state index in [9.17, 15) is 4.79 Å². The summed E-state index contributed by atoms with van der Waals surface area (Å²) in [6.45, 7) is 5.43. The van der Waals surface area contributed by atoms with Gasteiger partial charge in [-0.25, -0.2) is 5.43 Å². The van der Waals surface area contributed by atoms with Crippen molar-refractivity contribution in [1.29, 1.82) is 0 Å². The second-order valence-corrected chi connectivity index (χ2v) is 2.27. The van der Waals surface area contributed by atoms with Crippen LogP contribution in [-0.2, 0) is 4.79 Å². The number of carbonyl (C=O) groups excluding carboxylic acids is 1. The molecule has 3 nitrogen and oxygen atoms in total. The maximum Gasteiger partial charge on any atom is 0.236 e. The van der Waals surface area contributed by atoms with Crippen LogP contribution in [0, 0.1) is 0 Å². The molecule has 0 aliphatic heterocycles. The molecule has 0 aliphatic rings. The summed E-state index contributed by atoms with van der Waals surface area (Å²) in [4.78, 5) is 10.3. The Morgan fingerprint density at radius 3 is 2.50 bits per heavy atom. The van der Waals surface area contributed by atoms with Gasteiger partial charge in [0.2, 0.25) is 5.91 Å². The number of rotatable bonds is 3. The van der Waals surface area contributed by atoms with E-state index in [1.165, 1.54) is 6.92 Å². The van der Waals surface area contributed by atoms with Crippen LogP contribution in [0.1, 0.15) is 33.6 Å². The van der Waals surface area contributed by atoms with Gasteiger partial charge in [-0.1, -0.05) is 13.3 Å². The summed E-state index contributed by atoms with van der Waals surface area (Å²) in [6, 6.07) is 0. The van der Waals surface area contributed by atoms with Gasteiger partial charge < -0.3 is 0 Å². The zero-order valence-corrected chi connectivity index (χ0v) is 6.77. The van der Waals surface area contributed by atoms with Crippen molar-refractivity contribution in [2.75, 3.05) is 0 Å². The average Bonchev–Trinajstić information content (AvgIpc) is 1.85. The van der Waals surface area contributed by atoms with Crippen LogP contribution in [0.25, 0.3) is 0 Å². The molecule has 0 saturated heterocycles. The Morgan fingerprint density at radius 1 is 1.50 bits per heavy atom. The minimum atomic E-state index is -0.115. The molecule has 0 aliphatic carbocycles. The van der Waals surface area contributed by atoms with Crippen molar-refractivity contribution in [3.63, 3.8) is 0 Å². The molecule has 0 atom stereocenters. The largest absolute Gasteiger partial charge is 0.274 e. The fraction of sp³-hybridized carbons (Fsp3) is 0.714. The number of hydrogen-bond donors (Lipinski definition) is 1. The van der Waals surface area contributed by atoms with E-state index in [2.05, 4.69) is 17.5 Å². The Labute approximate surface area is 61.5 Å². The van der Waals surface area contributed by atoms with E-state index < -0.39 is 0 Å². The van der Waals surface area contributed by atoms with Crippen LogP contribution in [-0.4, -0.2) is 11.6 Å².